The van der Waals surface area contributed by atoms with Crippen LogP contribution >= 0.6 is 27.6 Å². The first kappa shape index (κ1) is 19.4. The molecule has 0 saturated carbocycles. The van der Waals surface area contributed by atoms with E-state index in [2.05, 4.69) is 0 Å². The van der Waals surface area contributed by atoms with Gasteiger partial charge in [-0.15, -0.1) is 0 Å². The van der Waals surface area contributed by atoms with Gasteiger partial charge in [-0.3, -0.25) is 0 Å². The van der Waals surface area contributed by atoms with Gasteiger partial charge in [-0.05, 0) is 0 Å². The second-order valence-electron chi connectivity index (χ2n) is 5.51. The summed E-state index contributed by atoms with van der Waals surface area (Å²) in [5.41, 5.74) is -0.0536. The Morgan fingerprint density at radius 1 is 1.17 bits per heavy atom. The summed E-state index contributed by atoms with van der Waals surface area (Å²) in [4.78, 5) is 14.4. The normalized spacial score (nSPS) is 13.3. The first-order valence-corrected chi connectivity index (χ1v) is 14.1. The molecule has 130 valence electrons. The van der Waals surface area contributed by atoms with Crippen molar-refractivity contribution in [3.8, 4) is 0 Å². The van der Waals surface area contributed by atoms with Gasteiger partial charge in [0.05, 0.1) is 0 Å². The Morgan fingerprint density at radius 2 is 1.75 bits per heavy atom. The molecule has 0 N–H and O–H groups in total. The molecule has 2 aromatic rings. The molecule has 0 amide bonds. The number of halogens is 2. The summed E-state index contributed by atoms with van der Waals surface area (Å²) in [6, 6.07) is 13.6. The Kier molecular flexibility index (Phi) is 6.41. The summed E-state index contributed by atoms with van der Waals surface area (Å²) in [6.45, 7) is 3.55. The molecule has 0 aromatic heterocycles. The van der Waals surface area contributed by atoms with Crippen LogP contribution in [-0.2, 0) is 21.4 Å². The molecule has 0 bridgehead atoms. The summed E-state index contributed by atoms with van der Waals surface area (Å²) < 4.78 is 29.2. The van der Waals surface area contributed by atoms with Gasteiger partial charge in [0.15, 0.2) is 0 Å². The molecule has 2 rings (SSSR count). The number of esters is 1. The SMILES string of the molecule is CI(Cl)c1ccccc1C(C)(C)OC(=O)c1ccccc1S(=O)[O-]. The van der Waals surface area contributed by atoms with Crippen molar-refractivity contribution >= 4 is 44.6 Å². The van der Waals surface area contributed by atoms with Gasteiger partial charge in [0, 0.05) is 0 Å². The van der Waals surface area contributed by atoms with E-state index in [4.69, 9.17) is 13.6 Å². The van der Waals surface area contributed by atoms with Crippen LogP contribution in [0.15, 0.2) is 53.4 Å². The topological polar surface area (TPSA) is 66.4 Å². The van der Waals surface area contributed by atoms with Crippen molar-refractivity contribution in [2.45, 2.75) is 24.3 Å². The third kappa shape index (κ3) is 4.36. The molecule has 2 aromatic carbocycles. The van der Waals surface area contributed by atoms with E-state index < -0.39 is 41.3 Å². The van der Waals surface area contributed by atoms with Crippen molar-refractivity contribution in [1.29, 1.82) is 0 Å². The van der Waals surface area contributed by atoms with Crippen molar-refractivity contribution < 1.29 is 18.3 Å². The van der Waals surface area contributed by atoms with Gasteiger partial charge in [0.1, 0.15) is 0 Å². The number of rotatable bonds is 5. The van der Waals surface area contributed by atoms with Gasteiger partial charge in [-0.1, -0.05) is 0 Å². The minimum atomic E-state index is -2.51. The predicted molar refractivity (Wildman–Crippen MR) is 103 cm³/mol. The van der Waals surface area contributed by atoms with Crippen LogP contribution in [0.3, 0.4) is 0 Å². The molecule has 1 atom stereocenters. The van der Waals surface area contributed by atoms with E-state index in [0.717, 1.165) is 9.13 Å². The summed E-state index contributed by atoms with van der Waals surface area (Å²) >= 11 is -4.32. The van der Waals surface area contributed by atoms with Crippen molar-refractivity contribution in [2.24, 2.45) is 0 Å². The number of ether oxygens (including phenoxy) is 1. The van der Waals surface area contributed by atoms with Gasteiger partial charge in [0.25, 0.3) is 0 Å². The average Bonchev–Trinajstić information content (AvgIpc) is 2.54. The average molecular weight is 480 g/mol. The monoisotopic (exact) mass is 479 g/mol. The molecular weight excluding hydrogens is 463 g/mol. The van der Waals surface area contributed by atoms with E-state index in [0.29, 0.717) is 0 Å². The van der Waals surface area contributed by atoms with Gasteiger partial charge < -0.3 is 0 Å². The van der Waals surface area contributed by atoms with Crippen molar-refractivity contribution in [1.82, 2.24) is 0 Å². The number of alkyl halides is 1. The fraction of sp³-hybridized carbons (Fsp3) is 0.235. The van der Waals surface area contributed by atoms with Crippen molar-refractivity contribution in [3.63, 3.8) is 0 Å². The van der Waals surface area contributed by atoms with Gasteiger partial charge in [-0.2, -0.15) is 0 Å². The number of carbonyl (C=O) groups excluding carboxylic acids is 1. The van der Waals surface area contributed by atoms with Crippen molar-refractivity contribution in [3.05, 3.63) is 63.2 Å². The van der Waals surface area contributed by atoms with Crippen LogP contribution in [0.1, 0.15) is 29.8 Å². The van der Waals surface area contributed by atoms with Gasteiger partial charge in [-0.25, -0.2) is 0 Å². The molecule has 1 unspecified atom stereocenters. The molecule has 7 heteroatoms. The molecule has 0 spiro atoms. The van der Waals surface area contributed by atoms with Gasteiger partial charge >= 0.3 is 155 Å². The Balaban J connectivity index is 2.37. The Labute approximate surface area is 154 Å². The molecule has 0 heterocycles. The van der Waals surface area contributed by atoms with Crippen LogP contribution in [0.5, 0.6) is 0 Å². The van der Waals surface area contributed by atoms with E-state index in [1.54, 1.807) is 26.0 Å². The van der Waals surface area contributed by atoms with Crippen LogP contribution in [0.4, 0.5) is 0 Å². The summed E-state index contributed by atoms with van der Waals surface area (Å²) in [7, 11) is 6.37. The summed E-state index contributed by atoms with van der Waals surface area (Å²) in [6.07, 6.45) is 0. The Hall–Kier alpha value is -0.960. The van der Waals surface area contributed by atoms with Crippen LogP contribution in [-0.4, -0.2) is 19.7 Å². The molecule has 0 aliphatic heterocycles. The van der Waals surface area contributed by atoms with E-state index in [-0.39, 0.29) is 10.5 Å². The second kappa shape index (κ2) is 7.95. The van der Waals surface area contributed by atoms with E-state index in [1.807, 2.05) is 29.2 Å². The Morgan fingerprint density at radius 3 is 2.38 bits per heavy atom. The zero-order valence-electron chi connectivity index (χ0n) is 13.4. The van der Waals surface area contributed by atoms with Crippen molar-refractivity contribution in [2.75, 3.05) is 4.93 Å². The molecule has 0 saturated heterocycles. The molecule has 0 radical (unpaired) electrons. The molecule has 0 aliphatic rings. The van der Waals surface area contributed by atoms with Crippen LogP contribution < -0.4 is 0 Å². The standard InChI is InChI=1S/C17H18ClIO4S/c1-17(2,13-9-5-6-10-14(13)19(3)18)23-16(20)12-8-4-7-11-15(12)24(21)22/h4-11H,1-3H3,(H,21,22)/p-1. The quantitative estimate of drug-likeness (QED) is 0.275. The fourth-order valence-electron chi connectivity index (χ4n) is 2.30. The van der Waals surface area contributed by atoms with Gasteiger partial charge in [0.2, 0.25) is 0 Å². The summed E-state index contributed by atoms with van der Waals surface area (Å²) in [5.74, 6) is -0.680. The maximum absolute atomic E-state index is 12.5. The predicted octanol–water partition coefficient (Wildman–Crippen LogP) is 4.48. The molecule has 0 fully saturated rings. The molecular formula is C17H17ClIO4S-. The van der Waals surface area contributed by atoms with E-state index in [9.17, 15) is 13.6 Å². The third-order valence-corrected chi connectivity index (χ3v) is 7.73. The number of carbonyl (C=O) groups is 1. The summed E-state index contributed by atoms with van der Waals surface area (Å²) in [5, 5.41) is 0. The third-order valence-electron chi connectivity index (χ3n) is 3.44. The Bertz CT molecular complexity index is 777. The molecule has 24 heavy (non-hydrogen) atoms. The van der Waals surface area contributed by atoms with E-state index >= 15 is 0 Å². The zero-order chi connectivity index (χ0) is 17.9. The number of hydrogen-bond acceptors (Lipinski definition) is 4. The first-order valence-electron chi connectivity index (χ1n) is 7.01. The zero-order valence-corrected chi connectivity index (χ0v) is 17.1. The molecule has 4 nitrogen and oxygen atoms in total. The maximum atomic E-state index is 12.5. The second-order valence-corrected chi connectivity index (χ2v) is 12.8. The van der Waals surface area contributed by atoms with Crippen LogP contribution in [0, 0.1) is 3.57 Å². The number of hydrogen-bond donors (Lipinski definition) is 0. The number of benzene rings is 2. The molecule has 0 aliphatic carbocycles. The van der Waals surface area contributed by atoms with Crippen LogP contribution in [0.2, 0.25) is 0 Å². The fourth-order valence-corrected chi connectivity index (χ4v) is 5.99. The van der Waals surface area contributed by atoms with Crippen LogP contribution in [0.25, 0.3) is 0 Å². The van der Waals surface area contributed by atoms with E-state index in [1.165, 1.54) is 12.1 Å². The first-order chi connectivity index (χ1) is 11.2. The minimum absolute atomic E-state index is 0.0223.